The summed E-state index contributed by atoms with van der Waals surface area (Å²) in [5, 5.41) is 10.1. The lowest BCUT2D eigenvalue weighted by Crippen LogP contribution is -2.41. The van der Waals surface area contributed by atoms with Crippen molar-refractivity contribution in [1.82, 2.24) is 25.2 Å². The minimum atomic E-state index is -3.40. The Morgan fingerprint density at radius 3 is 2.82 bits per heavy atom. The Bertz CT molecular complexity index is 595. The van der Waals surface area contributed by atoms with Gasteiger partial charge >= 0.3 is 0 Å². The molecule has 0 aromatic carbocycles. The molecule has 0 bridgehead atoms. The zero-order valence-electron chi connectivity index (χ0n) is 12.4. The van der Waals surface area contributed by atoms with Crippen LogP contribution in [0.3, 0.4) is 0 Å². The van der Waals surface area contributed by atoms with Crippen LogP contribution < -0.4 is 10.0 Å². The Morgan fingerprint density at radius 2 is 2.14 bits per heavy atom. The molecule has 124 valence electrons. The van der Waals surface area contributed by atoms with Gasteiger partial charge in [-0.1, -0.05) is 5.21 Å². The van der Waals surface area contributed by atoms with E-state index < -0.39 is 10.0 Å². The lowest BCUT2D eigenvalue weighted by atomic mass is 10.4. The molecule has 1 aliphatic rings. The number of nitrogens with one attached hydrogen (secondary N) is 2. The minimum Gasteiger partial charge on any atom is -0.379 e. The van der Waals surface area contributed by atoms with Gasteiger partial charge in [0.2, 0.25) is 15.9 Å². The van der Waals surface area contributed by atoms with E-state index >= 15 is 0 Å². The maximum Gasteiger partial charge on any atom is 0.241 e. The van der Waals surface area contributed by atoms with Crippen molar-refractivity contribution in [2.24, 2.45) is 0 Å². The van der Waals surface area contributed by atoms with E-state index in [1.54, 1.807) is 0 Å². The average molecular weight is 332 g/mol. The molecule has 0 saturated carbocycles. The summed E-state index contributed by atoms with van der Waals surface area (Å²) < 4.78 is 30.8. The van der Waals surface area contributed by atoms with Crippen LogP contribution in [0.25, 0.3) is 0 Å². The Balaban J connectivity index is 1.70. The number of morpholine rings is 1. The van der Waals surface area contributed by atoms with E-state index in [-0.39, 0.29) is 18.3 Å². The van der Waals surface area contributed by atoms with Gasteiger partial charge in [-0.2, -0.15) is 0 Å². The first-order valence-corrected chi connectivity index (χ1v) is 8.76. The summed E-state index contributed by atoms with van der Waals surface area (Å²) >= 11 is 0. The van der Waals surface area contributed by atoms with Crippen LogP contribution >= 0.6 is 0 Å². The van der Waals surface area contributed by atoms with Gasteiger partial charge < -0.3 is 10.1 Å². The molecule has 0 atom stereocenters. The molecule has 1 aromatic heterocycles. The van der Waals surface area contributed by atoms with Gasteiger partial charge in [-0.05, 0) is 0 Å². The van der Waals surface area contributed by atoms with E-state index in [1.165, 1.54) is 10.9 Å². The predicted molar refractivity (Wildman–Crippen MR) is 78.8 cm³/mol. The molecule has 0 spiro atoms. The van der Waals surface area contributed by atoms with Crippen molar-refractivity contribution in [3.8, 4) is 0 Å². The van der Waals surface area contributed by atoms with E-state index in [0.29, 0.717) is 6.54 Å². The van der Waals surface area contributed by atoms with Crippen LogP contribution in [0.2, 0.25) is 0 Å². The van der Waals surface area contributed by atoms with Gasteiger partial charge in [-0.25, -0.2) is 13.1 Å². The normalized spacial score (nSPS) is 16.4. The molecule has 22 heavy (non-hydrogen) atoms. The second kappa shape index (κ2) is 7.51. The molecule has 1 saturated heterocycles. The summed E-state index contributed by atoms with van der Waals surface area (Å²) in [5.41, 5.74) is 0. The van der Waals surface area contributed by atoms with Crippen LogP contribution in [0, 0.1) is 0 Å². The number of hydrogen-bond donors (Lipinski definition) is 2. The molecule has 2 N–H and O–H groups in total. The molecule has 0 aliphatic carbocycles. The molecule has 10 nitrogen and oxygen atoms in total. The highest BCUT2D eigenvalue weighted by atomic mass is 32.2. The maximum atomic E-state index is 11.8. The lowest BCUT2D eigenvalue weighted by Gasteiger charge is -2.26. The Morgan fingerprint density at radius 1 is 1.41 bits per heavy atom. The van der Waals surface area contributed by atoms with E-state index in [9.17, 15) is 13.2 Å². The number of carbonyl (C=O) groups is 1. The molecule has 11 heteroatoms. The van der Waals surface area contributed by atoms with Crippen LogP contribution in [0.5, 0.6) is 0 Å². The Labute approximate surface area is 128 Å². The fourth-order valence-electron chi connectivity index (χ4n) is 1.99. The van der Waals surface area contributed by atoms with Crippen LogP contribution in [0.4, 0.5) is 5.82 Å². The number of ether oxygens (including phenoxy) is 1. The van der Waals surface area contributed by atoms with Gasteiger partial charge in [0, 0.05) is 26.2 Å². The number of hydrogen-bond acceptors (Lipinski definition) is 7. The van der Waals surface area contributed by atoms with Crippen LogP contribution in [-0.2, 0) is 26.1 Å². The largest absolute Gasteiger partial charge is 0.379 e. The molecule has 2 heterocycles. The van der Waals surface area contributed by atoms with Crippen LogP contribution in [-0.4, -0.2) is 79.9 Å². The summed E-state index contributed by atoms with van der Waals surface area (Å²) in [4.78, 5) is 14.0. The van der Waals surface area contributed by atoms with Crippen molar-refractivity contribution in [2.75, 3.05) is 50.4 Å². The molecule has 1 aliphatic heterocycles. The number of nitrogens with zero attached hydrogens (tertiary/aromatic N) is 4. The first-order valence-electron chi connectivity index (χ1n) is 6.87. The summed E-state index contributed by atoms with van der Waals surface area (Å²) in [6, 6.07) is 0. The van der Waals surface area contributed by atoms with Gasteiger partial charge in [0.05, 0.1) is 25.7 Å². The summed E-state index contributed by atoms with van der Waals surface area (Å²) in [7, 11) is -3.40. The molecule has 2 rings (SSSR count). The summed E-state index contributed by atoms with van der Waals surface area (Å²) in [6.07, 6.45) is 2.38. The highest BCUT2D eigenvalue weighted by Gasteiger charge is 2.11. The first-order chi connectivity index (χ1) is 10.4. The zero-order valence-corrected chi connectivity index (χ0v) is 13.2. The molecule has 0 radical (unpaired) electrons. The zero-order chi connectivity index (χ0) is 16.0. The van der Waals surface area contributed by atoms with E-state index in [0.717, 1.165) is 39.1 Å². The van der Waals surface area contributed by atoms with Crippen molar-refractivity contribution in [1.29, 1.82) is 0 Å². The third-order valence-electron chi connectivity index (χ3n) is 2.99. The average Bonchev–Trinajstić information content (AvgIpc) is 2.84. The smallest absolute Gasteiger partial charge is 0.241 e. The lowest BCUT2D eigenvalue weighted by molar-refractivity contribution is -0.121. The fraction of sp³-hybridized carbons (Fsp3) is 0.727. The topological polar surface area (TPSA) is 118 Å². The number of sulfonamides is 1. The highest BCUT2D eigenvalue weighted by Crippen LogP contribution is 2.01. The van der Waals surface area contributed by atoms with Gasteiger partial charge in [0.1, 0.15) is 6.54 Å². The van der Waals surface area contributed by atoms with Crippen molar-refractivity contribution in [2.45, 2.75) is 6.54 Å². The first kappa shape index (κ1) is 16.6. The van der Waals surface area contributed by atoms with Gasteiger partial charge in [0.15, 0.2) is 5.82 Å². The minimum absolute atomic E-state index is 0.0123. The molecule has 1 amide bonds. The number of anilines is 1. The van der Waals surface area contributed by atoms with Crippen molar-refractivity contribution >= 4 is 21.7 Å². The number of aromatic nitrogens is 3. The maximum absolute atomic E-state index is 11.8. The van der Waals surface area contributed by atoms with Gasteiger partial charge in [0.25, 0.3) is 0 Å². The SMILES string of the molecule is CS(=O)(=O)Nc1cn(CC(=O)NCCN2CCOCC2)nn1. The van der Waals surface area contributed by atoms with E-state index in [4.69, 9.17) is 4.74 Å². The molecule has 0 unspecified atom stereocenters. The number of amides is 1. The highest BCUT2D eigenvalue weighted by molar-refractivity contribution is 7.92. The number of carbonyl (C=O) groups excluding carboxylic acids is 1. The fourth-order valence-corrected chi connectivity index (χ4v) is 2.47. The van der Waals surface area contributed by atoms with Crippen LogP contribution in [0.1, 0.15) is 0 Å². The molecular formula is C11H20N6O4S. The van der Waals surface area contributed by atoms with Gasteiger partial charge in [-0.15, -0.1) is 5.10 Å². The second-order valence-electron chi connectivity index (χ2n) is 4.98. The monoisotopic (exact) mass is 332 g/mol. The molecule has 1 fully saturated rings. The third kappa shape index (κ3) is 5.95. The second-order valence-corrected chi connectivity index (χ2v) is 6.73. The van der Waals surface area contributed by atoms with Gasteiger partial charge in [-0.3, -0.25) is 14.4 Å². The summed E-state index contributed by atoms with van der Waals surface area (Å²) in [6.45, 7) is 4.50. The van der Waals surface area contributed by atoms with Crippen molar-refractivity contribution < 1.29 is 17.9 Å². The molecule has 1 aromatic rings. The Hall–Kier alpha value is -1.72. The van der Waals surface area contributed by atoms with Crippen molar-refractivity contribution in [3.05, 3.63) is 6.20 Å². The van der Waals surface area contributed by atoms with E-state index in [1.807, 2.05) is 0 Å². The predicted octanol–water partition coefficient (Wildman–Crippen LogP) is -1.90. The van der Waals surface area contributed by atoms with Crippen LogP contribution in [0.15, 0.2) is 6.20 Å². The third-order valence-corrected chi connectivity index (χ3v) is 3.57. The Kier molecular flexibility index (Phi) is 5.69. The summed E-state index contributed by atoms with van der Waals surface area (Å²) in [5.74, 6) is -0.118. The van der Waals surface area contributed by atoms with E-state index in [2.05, 4.69) is 25.3 Å². The van der Waals surface area contributed by atoms with Crippen molar-refractivity contribution in [3.63, 3.8) is 0 Å². The molecular weight excluding hydrogens is 312 g/mol. The number of rotatable bonds is 7. The standard InChI is InChI=1S/C11H20N6O4S/c1-22(19,20)14-10-8-17(15-13-10)9-11(18)12-2-3-16-4-6-21-7-5-16/h8,14H,2-7,9H2,1H3,(H,12,18). The quantitative estimate of drug-likeness (QED) is 0.598.